The van der Waals surface area contributed by atoms with E-state index in [1.807, 2.05) is 6.92 Å². The molecular formula is C12H21N3O2. The van der Waals surface area contributed by atoms with E-state index in [9.17, 15) is 4.79 Å². The smallest absolute Gasteiger partial charge is 0.293 e. The summed E-state index contributed by atoms with van der Waals surface area (Å²) >= 11 is 0. The van der Waals surface area contributed by atoms with Crippen LogP contribution in [0.3, 0.4) is 0 Å². The molecule has 0 saturated carbocycles. The van der Waals surface area contributed by atoms with Gasteiger partial charge in [0, 0.05) is 32.1 Å². The van der Waals surface area contributed by atoms with Gasteiger partial charge in [0.25, 0.3) is 5.56 Å². The van der Waals surface area contributed by atoms with Crippen molar-refractivity contribution in [2.45, 2.75) is 27.3 Å². The maximum absolute atomic E-state index is 12.0. The highest BCUT2D eigenvalue weighted by molar-refractivity contribution is 5.30. The Morgan fingerprint density at radius 1 is 1.47 bits per heavy atom. The highest BCUT2D eigenvalue weighted by Gasteiger charge is 2.07. The second kappa shape index (κ2) is 6.39. The number of nitrogens with one attached hydrogen (secondary N) is 1. The topological polar surface area (TPSA) is 67.2 Å². The van der Waals surface area contributed by atoms with Crippen molar-refractivity contribution in [2.75, 3.05) is 18.5 Å². The number of aromatic nitrogens is 2. The standard InChI is InChI=1S/C12H21N3O2/c1-9(2)7-15-5-4-13-11(12(15)17)14-6-10(3)8-16/h4-5,9-10,16H,6-8H2,1-3H3,(H,13,14). The van der Waals surface area contributed by atoms with E-state index in [0.29, 0.717) is 24.8 Å². The molecule has 0 fully saturated rings. The zero-order chi connectivity index (χ0) is 12.8. The zero-order valence-corrected chi connectivity index (χ0v) is 10.7. The van der Waals surface area contributed by atoms with Gasteiger partial charge in [0.2, 0.25) is 0 Å². The van der Waals surface area contributed by atoms with Crippen molar-refractivity contribution in [3.63, 3.8) is 0 Å². The molecular weight excluding hydrogens is 218 g/mol. The molecule has 1 atom stereocenters. The predicted octanol–water partition coefficient (Wildman–Crippen LogP) is 0.940. The summed E-state index contributed by atoms with van der Waals surface area (Å²) in [5, 5.41) is 11.9. The van der Waals surface area contributed by atoms with Crippen LogP contribution in [0.25, 0.3) is 0 Å². The van der Waals surface area contributed by atoms with Gasteiger partial charge in [-0.15, -0.1) is 0 Å². The first-order chi connectivity index (χ1) is 8.04. The number of anilines is 1. The van der Waals surface area contributed by atoms with Crippen LogP contribution in [0.2, 0.25) is 0 Å². The summed E-state index contributed by atoms with van der Waals surface area (Å²) in [7, 11) is 0. The van der Waals surface area contributed by atoms with Crippen LogP contribution in [0.5, 0.6) is 0 Å². The van der Waals surface area contributed by atoms with E-state index >= 15 is 0 Å². The summed E-state index contributed by atoms with van der Waals surface area (Å²) in [6.07, 6.45) is 3.32. The summed E-state index contributed by atoms with van der Waals surface area (Å²) in [5.41, 5.74) is -0.105. The Morgan fingerprint density at radius 2 is 2.18 bits per heavy atom. The third-order valence-electron chi connectivity index (χ3n) is 2.41. The Balaban J connectivity index is 2.76. The highest BCUT2D eigenvalue weighted by atomic mass is 16.3. The molecule has 0 aliphatic rings. The molecule has 1 rings (SSSR count). The first kappa shape index (κ1) is 13.7. The fraction of sp³-hybridized carbons (Fsp3) is 0.667. The lowest BCUT2D eigenvalue weighted by Gasteiger charge is -2.12. The summed E-state index contributed by atoms with van der Waals surface area (Å²) in [6.45, 7) is 7.36. The number of aliphatic hydroxyl groups is 1. The van der Waals surface area contributed by atoms with Gasteiger partial charge in [-0.25, -0.2) is 4.98 Å². The summed E-state index contributed by atoms with van der Waals surface area (Å²) in [4.78, 5) is 16.0. The van der Waals surface area contributed by atoms with E-state index in [-0.39, 0.29) is 18.1 Å². The summed E-state index contributed by atoms with van der Waals surface area (Å²) in [5.74, 6) is 0.878. The van der Waals surface area contributed by atoms with Crippen LogP contribution in [0.15, 0.2) is 17.2 Å². The molecule has 0 aromatic carbocycles. The number of hydrogen-bond acceptors (Lipinski definition) is 4. The van der Waals surface area contributed by atoms with E-state index in [1.165, 1.54) is 0 Å². The van der Waals surface area contributed by atoms with Gasteiger partial charge in [-0.2, -0.15) is 0 Å². The lowest BCUT2D eigenvalue weighted by Crippen LogP contribution is -2.27. The van der Waals surface area contributed by atoms with Gasteiger partial charge in [-0.05, 0) is 11.8 Å². The average molecular weight is 239 g/mol. The van der Waals surface area contributed by atoms with Crippen LogP contribution in [-0.4, -0.2) is 27.8 Å². The fourth-order valence-electron chi connectivity index (χ4n) is 1.44. The molecule has 17 heavy (non-hydrogen) atoms. The van der Waals surface area contributed by atoms with E-state index in [1.54, 1.807) is 17.0 Å². The van der Waals surface area contributed by atoms with Crippen molar-refractivity contribution in [3.8, 4) is 0 Å². The molecule has 0 spiro atoms. The minimum absolute atomic E-state index is 0.0972. The molecule has 0 saturated heterocycles. The Kier molecular flexibility index (Phi) is 5.15. The Morgan fingerprint density at radius 3 is 2.76 bits per heavy atom. The van der Waals surface area contributed by atoms with E-state index in [4.69, 9.17) is 5.11 Å². The quantitative estimate of drug-likeness (QED) is 0.775. The Bertz CT molecular complexity index is 401. The van der Waals surface area contributed by atoms with Gasteiger partial charge in [-0.3, -0.25) is 4.79 Å². The molecule has 1 aromatic rings. The van der Waals surface area contributed by atoms with E-state index < -0.39 is 0 Å². The molecule has 1 aromatic heterocycles. The maximum atomic E-state index is 12.0. The second-order valence-corrected chi connectivity index (χ2v) is 4.80. The molecule has 1 heterocycles. The van der Waals surface area contributed by atoms with Crippen LogP contribution in [0.4, 0.5) is 5.82 Å². The molecule has 0 aliphatic carbocycles. The number of aliphatic hydroxyl groups excluding tert-OH is 1. The van der Waals surface area contributed by atoms with Crippen LogP contribution >= 0.6 is 0 Å². The monoisotopic (exact) mass is 239 g/mol. The average Bonchev–Trinajstić information content (AvgIpc) is 2.29. The van der Waals surface area contributed by atoms with Gasteiger partial charge in [0.05, 0.1) is 0 Å². The first-order valence-corrected chi connectivity index (χ1v) is 5.94. The van der Waals surface area contributed by atoms with Crippen molar-refractivity contribution < 1.29 is 5.11 Å². The minimum atomic E-state index is -0.105. The van der Waals surface area contributed by atoms with Crippen molar-refractivity contribution in [3.05, 3.63) is 22.7 Å². The molecule has 5 nitrogen and oxygen atoms in total. The molecule has 2 N–H and O–H groups in total. The molecule has 96 valence electrons. The third-order valence-corrected chi connectivity index (χ3v) is 2.41. The molecule has 1 unspecified atom stereocenters. The van der Waals surface area contributed by atoms with Crippen LogP contribution in [0.1, 0.15) is 20.8 Å². The third kappa shape index (κ3) is 4.19. The lowest BCUT2D eigenvalue weighted by molar-refractivity contribution is 0.244. The van der Waals surface area contributed by atoms with Crippen molar-refractivity contribution in [2.24, 2.45) is 11.8 Å². The van der Waals surface area contributed by atoms with E-state index in [0.717, 1.165) is 0 Å². The predicted molar refractivity (Wildman–Crippen MR) is 68.1 cm³/mol. The summed E-state index contributed by atoms with van der Waals surface area (Å²) < 4.78 is 1.66. The molecule has 0 aliphatic heterocycles. The van der Waals surface area contributed by atoms with Crippen LogP contribution in [0, 0.1) is 11.8 Å². The van der Waals surface area contributed by atoms with Gasteiger partial charge in [0.15, 0.2) is 5.82 Å². The summed E-state index contributed by atoms with van der Waals surface area (Å²) in [6, 6.07) is 0. The fourth-order valence-corrected chi connectivity index (χ4v) is 1.44. The van der Waals surface area contributed by atoms with E-state index in [2.05, 4.69) is 24.1 Å². The number of nitrogens with zero attached hydrogens (tertiary/aromatic N) is 2. The molecule has 0 bridgehead atoms. The van der Waals surface area contributed by atoms with Gasteiger partial charge in [0.1, 0.15) is 0 Å². The van der Waals surface area contributed by atoms with Gasteiger partial charge >= 0.3 is 0 Å². The molecule has 0 amide bonds. The Labute approximate surface area is 102 Å². The zero-order valence-electron chi connectivity index (χ0n) is 10.7. The molecule has 5 heteroatoms. The largest absolute Gasteiger partial charge is 0.396 e. The van der Waals surface area contributed by atoms with Crippen LogP contribution in [-0.2, 0) is 6.54 Å². The minimum Gasteiger partial charge on any atom is -0.396 e. The normalized spacial score (nSPS) is 12.8. The Hall–Kier alpha value is -1.36. The van der Waals surface area contributed by atoms with Crippen molar-refractivity contribution >= 4 is 5.82 Å². The lowest BCUT2D eigenvalue weighted by atomic mass is 10.2. The van der Waals surface area contributed by atoms with Gasteiger partial charge in [-0.1, -0.05) is 20.8 Å². The second-order valence-electron chi connectivity index (χ2n) is 4.80. The number of hydrogen-bond donors (Lipinski definition) is 2. The highest BCUT2D eigenvalue weighted by Crippen LogP contribution is 2.00. The van der Waals surface area contributed by atoms with Crippen molar-refractivity contribution in [1.82, 2.24) is 9.55 Å². The van der Waals surface area contributed by atoms with Crippen molar-refractivity contribution in [1.29, 1.82) is 0 Å². The SMILES string of the molecule is CC(C)Cn1ccnc(NCC(C)CO)c1=O. The molecule has 0 radical (unpaired) electrons. The van der Waals surface area contributed by atoms with Crippen LogP contribution < -0.4 is 10.9 Å². The maximum Gasteiger partial charge on any atom is 0.293 e. The first-order valence-electron chi connectivity index (χ1n) is 5.94. The van der Waals surface area contributed by atoms with Gasteiger partial charge < -0.3 is 15.0 Å². The number of rotatable bonds is 6.